The third-order valence-electron chi connectivity index (χ3n) is 4.47. The maximum absolute atomic E-state index is 12.4. The zero-order valence-electron chi connectivity index (χ0n) is 16.1. The molecule has 0 aliphatic heterocycles. The molecule has 0 spiro atoms. The lowest BCUT2D eigenvalue weighted by Crippen LogP contribution is -2.30. The summed E-state index contributed by atoms with van der Waals surface area (Å²) in [5, 5.41) is 6.99. The third-order valence-corrected chi connectivity index (χ3v) is 4.47. The number of aromatic nitrogens is 2. The fourth-order valence-electron chi connectivity index (χ4n) is 2.72. The number of nitrogens with one attached hydrogen (secondary N) is 1. The molecule has 0 radical (unpaired) electrons. The Bertz CT molecular complexity index is 824. The van der Waals surface area contributed by atoms with Crippen LogP contribution in [0.25, 0.3) is 6.08 Å². The minimum absolute atomic E-state index is 0.121. The first-order valence-electron chi connectivity index (χ1n) is 9.06. The molecule has 1 unspecified atom stereocenters. The van der Waals surface area contributed by atoms with Crippen molar-refractivity contribution in [3.8, 4) is 11.5 Å². The minimum Gasteiger partial charge on any atom is -0.493 e. The lowest BCUT2D eigenvalue weighted by atomic mass is 10.0. The molecule has 1 aliphatic rings. The van der Waals surface area contributed by atoms with Crippen LogP contribution in [0.15, 0.2) is 28.8 Å². The summed E-state index contributed by atoms with van der Waals surface area (Å²) < 4.78 is 15.9. The van der Waals surface area contributed by atoms with Gasteiger partial charge in [-0.05, 0) is 42.5 Å². The summed E-state index contributed by atoms with van der Waals surface area (Å²) in [7, 11) is 3.16. The van der Waals surface area contributed by atoms with Crippen molar-refractivity contribution in [2.45, 2.75) is 38.6 Å². The molecule has 1 aromatic heterocycles. The van der Waals surface area contributed by atoms with Gasteiger partial charge >= 0.3 is 0 Å². The van der Waals surface area contributed by atoms with Gasteiger partial charge in [-0.25, -0.2) is 0 Å². The molecular formula is C20H25N3O4. The number of carbonyl (C=O) groups is 1. The Morgan fingerprint density at radius 1 is 1.26 bits per heavy atom. The van der Waals surface area contributed by atoms with E-state index in [4.69, 9.17) is 14.0 Å². The van der Waals surface area contributed by atoms with Crippen LogP contribution in [0.3, 0.4) is 0 Å². The monoisotopic (exact) mass is 371 g/mol. The van der Waals surface area contributed by atoms with Crippen LogP contribution in [0.4, 0.5) is 0 Å². The Morgan fingerprint density at radius 2 is 2.00 bits per heavy atom. The van der Waals surface area contributed by atoms with Gasteiger partial charge in [-0.1, -0.05) is 25.1 Å². The van der Waals surface area contributed by atoms with E-state index in [0.29, 0.717) is 23.3 Å². The number of ether oxygens (including phenoxy) is 2. The van der Waals surface area contributed by atoms with E-state index in [9.17, 15) is 4.79 Å². The number of hydrogen-bond donors (Lipinski definition) is 1. The second-order valence-corrected chi connectivity index (χ2v) is 6.94. The molecule has 0 saturated heterocycles. The van der Waals surface area contributed by atoms with Gasteiger partial charge in [-0.15, -0.1) is 0 Å². The van der Waals surface area contributed by atoms with Crippen molar-refractivity contribution in [3.05, 3.63) is 41.6 Å². The van der Waals surface area contributed by atoms with Crippen molar-refractivity contribution < 1.29 is 18.8 Å². The fourth-order valence-corrected chi connectivity index (χ4v) is 2.72. The topological polar surface area (TPSA) is 86.5 Å². The van der Waals surface area contributed by atoms with E-state index in [1.54, 1.807) is 26.4 Å². The van der Waals surface area contributed by atoms with Crippen molar-refractivity contribution in [1.29, 1.82) is 0 Å². The van der Waals surface area contributed by atoms with E-state index < -0.39 is 0 Å². The van der Waals surface area contributed by atoms with Gasteiger partial charge in [0.2, 0.25) is 11.8 Å². The summed E-state index contributed by atoms with van der Waals surface area (Å²) in [5.74, 6) is 2.76. The average molecular weight is 371 g/mol. The zero-order chi connectivity index (χ0) is 19.4. The third kappa shape index (κ3) is 4.67. The first-order valence-corrected chi connectivity index (χ1v) is 9.06. The highest BCUT2D eigenvalue weighted by molar-refractivity contribution is 5.92. The molecule has 1 aromatic carbocycles. The number of carbonyl (C=O) groups excluding carboxylic acids is 1. The summed E-state index contributed by atoms with van der Waals surface area (Å²) in [6.45, 7) is 4.01. The lowest BCUT2D eigenvalue weighted by molar-refractivity contribution is -0.117. The fraction of sp³-hybridized carbons (Fsp3) is 0.450. The first kappa shape index (κ1) is 18.9. The molecule has 27 heavy (non-hydrogen) atoms. The van der Waals surface area contributed by atoms with Gasteiger partial charge in [0, 0.05) is 12.0 Å². The molecule has 1 N–H and O–H groups in total. The van der Waals surface area contributed by atoms with Crippen LogP contribution in [0.2, 0.25) is 0 Å². The highest BCUT2D eigenvalue weighted by atomic mass is 16.5. The van der Waals surface area contributed by atoms with Crippen LogP contribution in [0.1, 0.15) is 55.9 Å². The van der Waals surface area contributed by atoms with Crippen molar-refractivity contribution in [1.82, 2.24) is 15.5 Å². The van der Waals surface area contributed by atoms with Crippen molar-refractivity contribution >= 4 is 12.0 Å². The highest BCUT2D eigenvalue weighted by Crippen LogP contribution is 2.38. The molecular weight excluding hydrogens is 346 g/mol. The normalized spacial score (nSPS) is 15.1. The molecule has 144 valence electrons. The van der Waals surface area contributed by atoms with Gasteiger partial charge in [0.15, 0.2) is 17.3 Å². The first-order chi connectivity index (χ1) is 13.0. The summed E-state index contributed by atoms with van der Waals surface area (Å²) >= 11 is 0. The summed E-state index contributed by atoms with van der Waals surface area (Å²) in [6, 6.07) is 5.13. The Labute approximate surface area is 158 Å². The van der Waals surface area contributed by atoms with E-state index in [1.807, 2.05) is 26.0 Å². The van der Waals surface area contributed by atoms with Crippen LogP contribution >= 0.6 is 0 Å². The van der Waals surface area contributed by atoms with Crippen LogP contribution in [-0.2, 0) is 4.79 Å². The summed E-state index contributed by atoms with van der Waals surface area (Å²) in [6.07, 6.45) is 5.41. The Morgan fingerprint density at radius 3 is 2.63 bits per heavy atom. The van der Waals surface area contributed by atoms with E-state index in [0.717, 1.165) is 24.2 Å². The highest BCUT2D eigenvalue weighted by Gasteiger charge is 2.31. The molecule has 1 heterocycles. The Hall–Kier alpha value is -2.83. The standard InChI is InChI=1S/C20H25N3O4/c1-12(2)18(20-22-19(23-27-20)14-7-8-14)21-17(24)10-6-13-5-9-15(25-3)16(11-13)26-4/h5-6,9-12,14,18H,7-8H2,1-4H3,(H,21,24)/b10-6+. The van der Waals surface area contributed by atoms with Gasteiger partial charge in [0.25, 0.3) is 0 Å². The SMILES string of the molecule is COc1ccc(/C=C/C(=O)NC(c2nc(C3CC3)no2)C(C)C)cc1OC. The lowest BCUT2D eigenvalue weighted by Gasteiger charge is -2.17. The number of hydrogen-bond acceptors (Lipinski definition) is 6. The molecule has 2 aromatic rings. The summed E-state index contributed by atoms with van der Waals surface area (Å²) in [5.41, 5.74) is 0.831. The van der Waals surface area contributed by atoms with Gasteiger partial charge in [0.05, 0.1) is 14.2 Å². The molecule has 7 heteroatoms. The second-order valence-electron chi connectivity index (χ2n) is 6.94. The van der Waals surface area contributed by atoms with Crippen LogP contribution in [0.5, 0.6) is 11.5 Å². The quantitative estimate of drug-likeness (QED) is 0.715. The van der Waals surface area contributed by atoms with E-state index in [2.05, 4.69) is 15.5 Å². The minimum atomic E-state index is -0.326. The molecule has 1 saturated carbocycles. The van der Waals surface area contributed by atoms with Crippen molar-refractivity contribution in [2.75, 3.05) is 14.2 Å². The number of nitrogens with zero attached hydrogens (tertiary/aromatic N) is 2. The van der Waals surface area contributed by atoms with E-state index >= 15 is 0 Å². The predicted molar refractivity (Wildman–Crippen MR) is 101 cm³/mol. The van der Waals surface area contributed by atoms with Crippen LogP contribution in [-0.4, -0.2) is 30.3 Å². The maximum Gasteiger partial charge on any atom is 0.249 e. The van der Waals surface area contributed by atoms with Gasteiger partial charge in [0.1, 0.15) is 6.04 Å². The smallest absolute Gasteiger partial charge is 0.249 e. The molecule has 0 bridgehead atoms. The number of amides is 1. The predicted octanol–water partition coefficient (Wildman–Crippen LogP) is 3.49. The Kier molecular flexibility index (Phi) is 5.78. The Balaban J connectivity index is 1.67. The maximum atomic E-state index is 12.4. The van der Waals surface area contributed by atoms with Crippen molar-refractivity contribution in [2.24, 2.45) is 5.92 Å². The molecule has 1 amide bonds. The number of rotatable bonds is 8. The molecule has 1 fully saturated rings. The largest absolute Gasteiger partial charge is 0.493 e. The van der Waals surface area contributed by atoms with E-state index in [1.165, 1.54) is 6.08 Å². The number of methoxy groups -OCH3 is 2. The van der Waals surface area contributed by atoms with Crippen LogP contribution in [0, 0.1) is 5.92 Å². The van der Waals surface area contributed by atoms with Gasteiger partial charge < -0.3 is 19.3 Å². The average Bonchev–Trinajstić information content (AvgIpc) is 3.41. The van der Waals surface area contributed by atoms with Gasteiger partial charge in [-0.2, -0.15) is 4.98 Å². The van der Waals surface area contributed by atoms with E-state index in [-0.39, 0.29) is 17.9 Å². The molecule has 7 nitrogen and oxygen atoms in total. The molecule has 3 rings (SSSR count). The number of benzene rings is 1. The summed E-state index contributed by atoms with van der Waals surface area (Å²) in [4.78, 5) is 16.9. The molecule has 1 atom stereocenters. The zero-order valence-corrected chi connectivity index (χ0v) is 16.1. The molecule has 1 aliphatic carbocycles. The second kappa shape index (κ2) is 8.24. The van der Waals surface area contributed by atoms with Crippen molar-refractivity contribution in [3.63, 3.8) is 0 Å². The van der Waals surface area contributed by atoms with Crippen LogP contribution < -0.4 is 14.8 Å². The van der Waals surface area contributed by atoms with Gasteiger partial charge in [-0.3, -0.25) is 4.79 Å².